The molecule has 0 bridgehead atoms. The molecule has 0 aliphatic carbocycles. The van der Waals surface area contributed by atoms with E-state index in [1.807, 2.05) is 0 Å². The largest absolute Gasteiger partial charge is 0.311 e. The number of benzene rings is 1. The molecule has 0 radical (unpaired) electrons. The summed E-state index contributed by atoms with van der Waals surface area (Å²) in [6.45, 7) is 1.77. The monoisotopic (exact) mass is 290 g/mol. The van der Waals surface area contributed by atoms with Crippen LogP contribution in [0.3, 0.4) is 0 Å². The van der Waals surface area contributed by atoms with E-state index in [0.29, 0.717) is 0 Å². The zero-order chi connectivity index (χ0) is 14.5. The number of sulfone groups is 1. The summed E-state index contributed by atoms with van der Waals surface area (Å²) in [5.41, 5.74) is 0.00569. The number of nitrogens with one attached hydrogen (secondary N) is 1. The van der Waals surface area contributed by atoms with Crippen molar-refractivity contribution in [1.82, 2.24) is 5.32 Å². The molecule has 0 aliphatic heterocycles. The van der Waals surface area contributed by atoms with Gasteiger partial charge in [-0.2, -0.15) is 0 Å². The molecular formula is C11H15FN2O4S. The summed E-state index contributed by atoms with van der Waals surface area (Å²) in [4.78, 5) is 10.1. The Kier molecular flexibility index (Phi) is 5.37. The lowest BCUT2D eigenvalue weighted by atomic mass is 10.2. The van der Waals surface area contributed by atoms with Gasteiger partial charge in [-0.25, -0.2) is 12.8 Å². The van der Waals surface area contributed by atoms with Crippen LogP contribution in [0.1, 0.15) is 12.5 Å². The van der Waals surface area contributed by atoms with E-state index in [1.54, 1.807) is 6.92 Å². The number of hydrogen-bond donors (Lipinski definition) is 1. The fourth-order valence-electron chi connectivity index (χ4n) is 1.47. The molecule has 1 N–H and O–H groups in total. The molecule has 0 heterocycles. The van der Waals surface area contributed by atoms with E-state index in [1.165, 1.54) is 0 Å². The zero-order valence-electron chi connectivity index (χ0n) is 10.4. The lowest BCUT2D eigenvalue weighted by Gasteiger charge is -2.06. The lowest BCUT2D eigenvalue weighted by molar-refractivity contribution is -0.385. The molecule has 0 amide bonds. The van der Waals surface area contributed by atoms with Crippen molar-refractivity contribution in [2.24, 2.45) is 0 Å². The molecule has 0 aromatic heterocycles. The maximum Gasteiger partial charge on any atom is 0.274 e. The van der Waals surface area contributed by atoms with E-state index in [4.69, 9.17) is 0 Å². The highest BCUT2D eigenvalue weighted by Gasteiger charge is 2.14. The first-order valence-corrected chi connectivity index (χ1v) is 7.52. The number of nitrogens with zero attached hydrogens (tertiary/aromatic N) is 1. The van der Waals surface area contributed by atoms with Crippen LogP contribution in [0.4, 0.5) is 10.1 Å². The van der Waals surface area contributed by atoms with Crippen molar-refractivity contribution in [3.63, 3.8) is 0 Å². The topological polar surface area (TPSA) is 89.3 Å². The lowest BCUT2D eigenvalue weighted by Crippen LogP contribution is -2.23. The predicted octanol–water partition coefficient (Wildman–Crippen LogP) is 1.26. The van der Waals surface area contributed by atoms with Gasteiger partial charge in [0.05, 0.1) is 10.7 Å². The Hall–Kier alpha value is -1.54. The SMILES string of the molecule is CCS(=O)(=O)CCNCc1cc(F)ccc1[N+](=O)[O-]. The van der Waals surface area contributed by atoms with E-state index in [-0.39, 0.29) is 35.8 Å². The van der Waals surface area contributed by atoms with Crippen LogP contribution in [0.2, 0.25) is 0 Å². The summed E-state index contributed by atoms with van der Waals surface area (Å²) in [7, 11) is -3.08. The zero-order valence-corrected chi connectivity index (χ0v) is 11.2. The molecule has 0 aliphatic rings. The Morgan fingerprint density at radius 3 is 2.68 bits per heavy atom. The molecule has 1 aromatic carbocycles. The second-order valence-corrected chi connectivity index (χ2v) is 6.42. The van der Waals surface area contributed by atoms with Crippen LogP contribution in [0, 0.1) is 15.9 Å². The standard InChI is InChI=1S/C11H15FN2O4S/c1-2-19(17,18)6-5-13-8-9-7-10(12)3-4-11(9)14(15)16/h3-4,7,13H,2,5-6,8H2,1H3. The van der Waals surface area contributed by atoms with Crippen LogP contribution in [-0.4, -0.2) is 31.4 Å². The molecule has 0 atom stereocenters. The minimum Gasteiger partial charge on any atom is -0.311 e. The van der Waals surface area contributed by atoms with Crippen LogP contribution in [0.25, 0.3) is 0 Å². The number of nitro benzene ring substituents is 1. The molecule has 6 nitrogen and oxygen atoms in total. The van der Waals surface area contributed by atoms with Crippen LogP contribution in [0.15, 0.2) is 18.2 Å². The van der Waals surface area contributed by atoms with E-state index >= 15 is 0 Å². The minimum absolute atomic E-state index is 0.0489. The minimum atomic E-state index is -3.08. The second-order valence-electron chi connectivity index (χ2n) is 3.94. The molecule has 19 heavy (non-hydrogen) atoms. The van der Waals surface area contributed by atoms with Crippen molar-refractivity contribution in [2.75, 3.05) is 18.1 Å². The Bertz CT molecular complexity index is 560. The van der Waals surface area contributed by atoms with Gasteiger partial charge in [0.25, 0.3) is 5.69 Å². The van der Waals surface area contributed by atoms with E-state index < -0.39 is 20.6 Å². The van der Waals surface area contributed by atoms with Gasteiger partial charge in [-0.1, -0.05) is 6.92 Å². The van der Waals surface area contributed by atoms with Gasteiger partial charge in [0.15, 0.2) is 9.84 Å². The normalized spacial score (nSPS) is 11.5. The van der Waals surface area contributed by atoms with Gasteiger partial charge in [-0.3, -0.25) is 10.1 Å². The predicted molar refractivity (Wildman–Crippen MR) is 69.1 cm³/mol. The summed E-state index contributed by atoms with van der Waals surface area (Å²) in [5, 5.41) is 13.5. The molecule has 0 saturated carbocycles. The third-order valence-corrected chi connectivity index (χ3v) is 4.29. The van der Waals surface area contributed by atoms with Gasteiger partial charge in [0, 0.05) is 30.5 Å². The van der Waals surface area contributed by atoms with Gasteiger partial charge in [-0.15, -0.1) is 0 Å². The number of rotatable bonds is 7. The Labute approximate surface area is 110 Å². The molecule has 0 saturated heterocycles. The Morgan fingerprint density at radius 1 is 1.42 bits per heavy atom. The molecule has 1 rings (SSSR count). The van der Waals surface area contributed by atoms with Crippen molar-refractivity contribution in [2.45, 2.75) is 13.5 Å². The molecule has 106 valence electrons. The summed E-state index contributed by atoms with van der Waals surface area (Å²) < 4.78 is 35.5. The highest BCUT2D eigenvalue weighted by molar-refractivity contribution is 7.91. The second kappa shape index (κ2) is 6.58. The highest BCUT2D eigenvalue weighted by atomic mass is 32.2. The third kappa shape index (κ3) is 4.92. The first kappa shape index (κ1) is 15.5. The first-order chi connectivity index (χ1) is 8.85. The van der Waals surface area contributed by atoms with Gasteiger partial charge in [-0.05, 0) is 12.1 Å². The number of halogens is 1. The van der Waals surface area contributed by atoms with Crippen molar-refractivity contribution >= 4 is 15.5 Å². The molecular weight excluding hydrogens is 275 g/mol. The fourth-order valence-corrected chi connectivity index (χ4v) is 2.21. The maximum atomic E-state index is 13.0. The van der Waals surface area contributed by atoms with Gasteiger partial charge in [0.2, 0.25) is 0 Å². The van der Waals surface area contributed by atoms with E-state index in [9.17, 15) is 22.9 Å². The van der Waals surface area contributed by atoms with Crippen molar-refractivity contribution in [3.05, 3.63) is 39.7 Å². The number of nitro groups is 1. The van der Waals surface area contributed by atoms with Crippen molar-refractivity contribution < 1.29 is 17.7 Å². The third-order valence-electron chi connectivity index (χ3n) is 2.58. The molecule has 0 fully saturated rings. The smallest absolute Gasteiger partial charge is 0.274 e. The molecule has 8 heteroatoms. The molecule has 0 unspecified atom stereocenters. The summed E-state index contributed by atoms with van der Waals surface area (Å²) >= 11 is 0. The summed E-state index contributed by atoms with van der Waals surface area (Å²) in [5.74, 6) is -0.565. The molecule has 1 aromatic rings. The molecule has 0 spiro atoms. The van der Waals surface area contributed by atoms with Crippen LogP contribution in [-0.2, 0) is 16.4 Å². The Balaban J connectivity index is 2.63. The summed E-state index contributed by atoms with van der Waals surface area (Å²) in [6.07, 6.45) is 0. The van der Waals surface area contributed by atoms with Crippen molar-refractivity contribution in [1.29, 1.82) is 0 Å². The van der Waals surface area contributed by atoms with E-state index in [0.717, 1.165) is 18.2 Å². The maximum absolute atomic E-state index is 13.0. The van der Waals surface area contributed by atoms with Crippen LogP contribution >= 0.6 is 0 Å². The first-order valence-electron chi connectivity index (χ1n) is 5.69. The van der Waals surface area contributed by atoms with E-state index in [2.05, 4.69) is 5.32 Å². The average Bonchev–Trinajstić information content (AvgIpc) is 2.34. The van der Waals surface area contributed by atoms with Gasteiger partial charge in [0.1, 0.15) is 5.82 Å². The quantitative estimate of drug-likeness (QED) is 0.464. The average molecular weight is 290 g/mol. The fraction of sp³-hybridized carbons (Fsp3) is 0.455. The van der Waals surface area contributed by atoms with Crippen molar-refractivity contribution in [3.8, 4) is 0 Å². The number of hydrogen-bond acceptors (Lipinski definition) is 5. The summed E-state index contributed by atoms with van der Waals surface area (Å²) in [6, 6.07) is 3.18. The Morgan fingerprint density at radius 2 is 2.11 bits per heavy atom. The van der Waals surface area contributed by atoms with Gasteiger partial charge >= 0.3 is 0 Å². The van der Waals surface area contributed by atoms with Crippen LogP contribution in [0.5, 0.6) is 0 Å². The van der Waals surface area contributed by atoms with Gasteiger partial charge < -0.3 is 5.32 Å². The van der Waals surface area contributed by atoms with Crippen LogP contribution < -0.4 is 5.32 Å². The highest BCUT2D eigenvalue weighted by Crippen LogP contribution is 2.19.